The Hall–Kier alpha value is -4.70. The molecule has 1 aromatic carbocycles. The van der Waals surface area contributed by atoms with Gasteiger partial charge < -0.3 is 15.4 Å². The fourth-order valence-electron chi connectivity index (χ4n) is 3.39. The topological polar surface area (TPSA) is 89.0 Å². The number of nitrogens with zero attached hydrogens (tertiary/aromatic N) is 3. The van der Waals surface area contributed by atoms with E-state index in [0.717, 1.165) is 17.0 Å². The number of rotatable bonds is 7. The van der Waals surface area contributed by atoms with Crippen LogP contribution in [0.4, 0.5) is 11.5 Å². The van der Waals surface area contributed by atoms with Gasteiger partial charge in [0.05, 0.1) is 11.2 Å². The summed E-state index contributed by atoms with van der Waals surface area (Å²) < 4.78 is 6.24. The molecule has 0 bridgehead atoms. The highest BCUT2D eigenvalue weighted by atomic mass is 16.5. The number of amides is 1. The van der Waals surface area contributed by atoms with Crippen molar-refractivity contribution in [3.63, 3.8) is 0 Å². The molecule has 1 amide bonds. The van der Waals surface area contributed by atoms with Crippen LogP contribution in [0.25, 0.3) is 11.4 Å². The van der Waals surface area contributed by atoms with Crippen molar-refractivity contribution in [1.82, 2.24) is 20.3 Å². The molecule has 0 aliphatic rings. The Morgan fingerprint density at radius 1 is 1.00 bits per heavy atom. The quantitative estimate of drug-likeness (QED) is 0.326. The van der Waals surface area contributed by atoms with Crippen molar-refractivity contribution < 1.29 is 9.53 Å². The van der Waals surface area contributed by atoms with Gasteiger partial charge in [0.15, 0.2) is 5.75 Å². The Balaban J connectivity index is 1.57. The van der Waals surface area contributed by atoms with Crippen molar-refractivity contribution >= 4 is 17.4 Å². The number of ether oxygens (including phenoxy) is 1. The first-order valence-corrected chi connectivity index (χ1v) is 11.4. The molecule has 7 heteroatoms. The number of carbonyl (C=O) groups excluding carboxylic acids is 1. The number of aromatic nitrogens is 3. The number of nitrogens with one attached hydrogen (secondary N) is 2. The van der Waals surface area contributed by atoms with Gasteiger partial charge in [-0.15, -0.1) is 6.42 Å². The van der Waals surface area contributed by atoms with Crippen LogP contribution >= 0.6 is 0 Å². The average molecular weight is 478 g/mol. The number of hydrogen-bond acceptors (Lipinski definition) is 6. The average Bonchev–Trinajstić information content (AvgIpc) is 2.87. The molecule has 4 rings (SSSR count). The molecule has 0 saturated carbocycles. The highest BCUT2D eigenvalue weighted by molar-refractivity contribution is 5.96. The van der Waals surface area contributed by atoms with E-state index in [1.165, 1.54) is 0 Å². The molecule has 0 fully saturated rings. The van der Waals surface area contributed by atoms with E-state index < -0.39 is 5.54 Å². The van der Waals surface area contributed by atoms with Gasteiger partial charge in [-0.1, -0.05) is 18.1 Å². The summed E-state index contributed by atoms with van der Waals surface area (Å²) in [6.45, 7) is 7.49. The SMILES string of the molecule is C#CC(C)(C)NC(=O)c1cccc(Nc2cc(Oc3cc(C)c(C)nc3-c3ccccn3)ccn2)c1. The van der Waals surface area contributed by atoms with Crippen LogP contribution < -0.4 is 15.4 Å². The molecule has 0 spiro atoms. The summed E-state index contributed by atoms with van der Waals surface area (Å²) in [7, 11) is 0. The second kappa shape index (κ2) is 10.3. The first-order chi connectivity index (χ1) is 17.2. The number of anilines is 2. The molecule has 0 radical (unpaired) electrons. The fraction of sp³-hybridized carbons (Fsp3) is 0.172. The second-order valence-electron chi connectivity index (χ2n) is 8.86. The molecular formula is C29H27N5O2. The van der Waals surface area contributed by atoms with Crippen LogP contribution in [0.5, 0.6) is 11.5 Å². The zero-order chi connectivity index (χ0) is 25.7. The lowest BCUT2D eigenvalue weighted by Gasteiger charge is -2.19. The zero-order valence-corrected chi connectivity index (χ0v) is 20.7. The molecule has 180 valence electrons. The van der Waals surface area contributed by atoms with Crippen LogP contribution in [0.15, 0.2) is 73.1 Å². The van der Waals surface area contributed by atoms with Gasteiger partial charge in [-0.25, -0.2) is 9.97 Å². The van der Waals surface area contributed by atoms with Crippen LogP contribution in [-0.4, -0.2) is 26.4 Å². The minimum atomic E-state index is -0.745. The van der Waals surface area contributed by atoms with Crippen molar-refractivity contribution in [3.8, 4) is 35.2 Å². The molecular weight excluding hydrogens is 450 g/mol. The third-order valence-corrected chi connectivity index (χ3v) is 5.48. The smallest absolute Gasteiger partial charge is 0.252 e. The normalized spacial score (nSPS) is 10.9. The third kappa shape index (κ3) is 5.86. The number of terminal acetylenes is 1. The van der Waals surface area contributed by atoms with Crippen LogP contribution in [0.2, 0.25) is 0 Å². The van der Waals surface area contributed by atoms with Gasteiger partial charge in [0.1, 0.15) is 17.3 Å². The minimum Gasteiger partial charge on any atom is -0.455 e. The highest BCUT2D eigenvalue weighted by Crippen LogP contribution is 2.33. The summed E-state index contributed by atoms with van der Waals surface area (Å²) in [4.78, 5) is 26.1. The van der Waals surface area contributed by atoms with Crippen LogP contribution in [0.1, 0.15) is 35.5 Å². The Morgan fingerprint density at radius 3 is 2.58 bits per heavy atom. The molecule has 0 aliphatic heterocycles. The van der Waals surface area contributed by atoms with E-state index in [0.29, 0.717) is 34.3 Å². The number of benzene rings is 1. The molecule has 4 aromatic rings. The molecule has 0 aliphatic carbocycles. The van der Waals surface area contributed by atoms with Gasteiger partial charge in [-0.2, -0.15) is 0 Å². The van der Waals surface area contributed by atoms with Gasteiger partial charge in [-0.05, 0) is 75.7 Å². The van der Waals surface area contributed by atoms with Crippen molar-refractivity contribution in [2.45, 2.75) is 33.2 Å². The number of carbonyl (C=O) groups is 1. The van der Waals surface area contributed by atoms with Crippen molar-refractivity contribution in [3.05, 3.63) is 89.9 Å². The minimum absolute atomic E-state index is 0.254. The van der Waals surface area contributed by atoms with E-state index >= 15 is 0 Å². The van der Waals surface area contributed by atoms with Crippen molar-refractivity contribution in [1.29, 1.82) is 0 Å². The van der Waals surface area contributed by atoms with Crippen molar-refractivity contribution in [2.24, 2.45) is 0 Å². The van der Waals surface area contributed by atoms with Gasteiger partial charge >= 0.3 is 0 Å². The maximum Gasteiger partial charge on any atom is 0.252 e. The number of pyridine rings is 3. The second-order valence-corrected chi connectivity index (χ2v) is 8.86. The van der Waals surface area contributed by atoms with Gasteiger partial charge in [0.25, 0.3) is 5.91 Å². The summed E-state index contributed by atoms with van der Waals surface area (Å²) in [5.41, 5.74) is 3.76. The van der Waals surface area contributed by atoms with E-state index in [-0.39, 0.29) is 5.91 Å². The molecule has 0 atom stereocenters. The van der Waals surface area contributed by atoms with Crippen molar-refractivity contribution in [2.75, 3.05) is 5.32 Å². The van der Waals surface area contributed by atoms with E-state index in [4.69, 9.17) is 16.1 Å². The molecule has 3 heterocycles. The molecule has 2 N–H and O–H groups in total. The Bertz CT molecular complexity index is 1440. The maximum absolute atomic E-state index is 12.6. The lowest BCUT2D eigenvalue weighted by atomic mass is 10.1. The summed E-state index contributed by atoms with van der Waals surface area (Å²) in [5.74, 6) is 4.05. The van der Waals surface area contributed by atoms with Crippen LogP contribution in [0.3, 0.4) is 0 Å². The van der Waals surface area contributed by atoms with E-state index in [1.807, 2.05) is 44.2 Å². The number of hydrogen-bond donors (Lipinski definition) is 2. The van der Waals surface area contributed by atoms with E-state index in [2.05, 4.69) is 26.5 Å². The third-order valence-electron chi connectivity index (χ3n) is 5.48. The Kier molecular flexibility index (Phi) is 6.98. The van der Waals surface area contributed by atoms with Gasteiger partial charge in [0.2, 0.25) is 0 Å². The Morgan fingerprint density at radius 2 is 1.83 bits per heavy atom. The molecule has 0 unspecified atom stereocenters. The fourth-order valence-corrected chi connectivity index (χ4v) is 3.39. The summed E-state index contributed by atoms with van der Waals surface area (Å²) in [6.07, 6.45) is 8.87. The predicted molar refractivity (Wildman–Crippen MR) is 141 cm³/mol. The molecule has 3 aromatic heterocycles. The summed E-state index contributed by atoms with van der Waals surface area (Å²) >= 11 is 0. The van der Waals surface area contributed by atoms with Gasteiger partial charge in [-0.3, -0.25) is 9.78 Å². The first kappa shape index (κ1) is 24.4. The predicted octanol–water partition coefficient (Wildman–Crippen LogP) is 5.83. The molecule has 36 heavy (non-hydrogen) atoms. The van der Waals surface area contributed by atoms with Crippen LogP contribution in [0, 0.1) is 26.2 Å². The molecule has 7 nitrogen and oxygen atoms in total. The largest absolute Gasteiger partial charge is 0.455 e. The van der Waals surface area contributed by atoms with E-state index in [1.54, 1.807) is 56.6 Å². The monoisotopic (exact) mass is 477 g/mol. The maximum atomic E-state index is 12.6. The zero-order valence-electron chi connectivity index (χ0n) is 20.7. The first-order valence-electron chi connectivity index (χ1n) is 11.4. The summed E-state index contributed by atoms with van der Waals surface area (Å²) in [6, 6.07) is 18.3. The lowest BCUT2D eigenvalue weighted by Crippen LogP contribution is -2.42. The Labute approximate surface area is 211 Å². The van der Waals surface area contributed by atoms with E-state index in [9.17, 15) is 4.79 Å². The lowest BCUT2D eigenvalue weighted by molar-refractivity contribution is 0.0930. The standard InChI is InChI=1S/C29H27N5O2/c1-6-29(4,5)34-28(35)21-10-9-11-22(17-21)33-26-18-23(13-15-31-26)36-25-16-19(2)20(3)32-27(25)24-12-7-8-14-30-24/h1,7-18H,2-5H3,(H,31,33)(H,34,35). The van der Waals surface area contributed by atoms with Crippen LogP contribution in [-0.2, 0) is 0 Å². The summed E-state index contributed by atoms with van der Waals surface area (Å²) in [5, 5.41) is 6.06. The highest BCUT2D eigenvalue weighted by Gasteiger charge is 2.18. The molecule has 0 saturated heterocycles. The number of aryl methyl sites for hydroxylation is 2. The van der Waals surface area contributed by atoms with Gasteiger partial charge in [0, 0.05) is 35.4 Å².